The van der Waals surface area contributed by atoms with Crippen LogP contribution in [0.4, 0.5) is 11.8 Å². The average Bonchev–Trinajstić information content (AvgIpc) is 3.57. The highest BCUT2D eigenvalue weighted by Gasteiger charge is 2.30. The van der Waals surface area contributed by atoms with Crippen LogP contribution in [0.25, 0.3) is 11.1 Å². The van der Waals surface area contributed by atoms with Crippen molar-refractivity contribution in [2.45, 2.75) is 44.2 Å². The summed E-state index contributed by atoms with van der Waals surface area (Å²) in [6.45, 7) is 1.26. The van der Waals surface area contributed by atoms with Gasteiger partial charge in [-0.1, -0.05) is 6.07 Å². The second kappa shape index (κ2) is 8.31. The van der Waals surface area contributed by atoms with E-state index in [0.717, 1.165) is 49.1 Å². The van der Waals surface area contributed by atoms with E-state index >= 15 is 0 Å². The summed E-state index contributed by atoms with van der Waals surface area (Å²) < 4.78 is 5.68. The molecular weight excluding hydrogens is 418 g/mol. The van der Waals surface area contributed by atoms with Gasteiger partial charge in [-0.05, 0) is 50.3 Å². The molecule has 2 N–H and O–H groups in total. The predicted molar refractivity (Wildman–Crippen MR) is 125 cm³/mol. The maximum Gasteiger partial charge on any atom is 0.269 e. The van der Waals surface area contributed by atoms with E-state index in [9.17, 15) is 4.79 Å². The fraction of sp³-hybridized carbons (Fsp3) is 0.375. The fourth-order valence-electron chi connectivity index (χ4n) is 4.55. The van der Waals surface area contributed by atoms with Crippen molar-refractivity contribution in [3.63, 3.8) is 0 Å². The maximum atomic E-state index is 12.4. The lowest BCUT2D eigenvalue weighted by molar-refractivity contribution is -0.115. The molecule has 1 aliphatic carbocycles. The van der Waals surface area contributed by atoms with Gasteiger partial charge in [-0.2, -0.15) is 4.98 Å². The Labute approximate surface area is 191 Å². The number of furan rings is 1. The van der Waals surface area contributed by atoms with Gasteiger partial charge in [-0.25, -0.2) is 4.98 Å². The number of nitrogens with one attached hydrogen (secondary N) is 2. The van der Waals surface area contributed by atoms with Gasteiger partial charge < -0.3 is 20.0 Å². The lowest BCUT2D eigenvalue weighted by Crippen LogP contribution is -2.42. The Balaban J connectivity index is 1.26. The standard InChI is InChI=1S/C24H25N7O2/c32-23(28-15-5-3-6-15)19-13-16(14-26-19)27-22-21-18(9-12-33-21)29-24(30-22)31-11-4-8-20(31)17-7-1-2-10-25-17/h1-2,7,9-10,12-13,15,20H,3-6,8,11,14H2,(H,28,32)(H,27,29,30). The highest BCUT2D eigenvalue weighted by Crippen LogP contribution is 2.35. The average molecular weight is 444 g/mol. The number of fused-ring (bicyclic) bond motifs is 1. The number of aromatic nitrogens is 3. The van der Waals surface area contributed by atoms with Gasteiger partial charge in [0.2, 0.25) is 5.95 Å². The number of amides is 1. The largest absolute Gasteiger partial charge is 0.459 e. The zero-order valence-electron chi connectivity index (χ0n) is 18.2. The molecule has 3 aromatic rings. The molecule has 0 aromatic carbocycles. The predicted octanol–water partition coefficient (Wildman–Crippen LogP) is 3.38. The van der Waals surface area contributed by atoms with Gasteiger partial charge in [0.1, 0.15) is 11.2 Å². The van der Waals surface area contributed by atoms with E-state index < -0.39 is 0 Å². The van der Waals surface area contributed by atoms with Gasteiger partial charge in [0.05, 0.1) is 24.5 Å². The molecular formula is C24H25N7O2. The zero-order chi connectivity index (χ0) is 22.2. The van der Waals surface area contributed by atoms with Crippen molar-refractivity contribution in [1.29, 1.82) is 0 Å². The molecule has 1 saturated heterocycles. The molecule has 5 heterocycles. The van der Waals surface area contributed by atoms with Crippen molar-refractivity contribution in [3.8, 4) is 0 Å². The summed E-state index contributed by atoms with van der Waals surface area (Å²) in [5.41, 5.74) is 3.59. The molecule has 9 nitrogen and oxygen atoms in total. The van der Waals surface area contributed by atoms with Crippen LogP contribution in [0, 0.1) is 0 Å². The van der Waals surface area contributed by atoms with Gasteiger partial charge in [0.25, 0.3) is 5.91 Å². The van der Waals surface area contributed by atoms with Crippen LogP contribution >= 0.6 is 0 Å². The van der Waals surface area contributed by atoms with E-state index in [2.05, 4.69) is 31.6 Å². The van der Waals surface area contributed by atoms with Crippen molar-refractivity contribution < 1.29 is 9.21 Å². The lowest BCUT2D eigenvalue weighted by Gasteiger charge is -2.26. The summed E-state index contributed by atoms with van der Waals surface area (Å²) in [7, 11) is 0. The molecule has 6 rings (SSSR count). The van der Waals surface area contributed by atoms with E-state index in [1.165, 1.54) is 6.42 Å². The van der Waals surface area contributed by atoms with Gasteiger partial charge in [0, 0.05) is 30.5 Å². The minimum absolute atomic E-state index is 0.113. The van der Waals surface area contributed by atoms with E-state index in [1.54, 1.807) is 12.3 Å². The van der Waals surface area contributed by atoms with Crippen LogP contribution in [0.3, 0.4) is 0 Å². The quantitative estimate of drug-likeness (QED) is 0.601. The molecule has 0 radical (unpaired) electrons. The number of carbonyl (C=O) groups excluding carboxylic acids is 1. The molecule has 2 fully saturated rings. The van der Waals surface area contributed by atoms with Crippen LogP contribution in [0.15, 0.2) is 57.9 Å². The van der Waals surface area contributed by atoms with Crippen molar-refractivity contribution in [1.82, 2.24) is 20.3 Å². The normalized spacial score (nSPS) is 20.5. The smallest absolute Gasteiger partial charge is 0.269 e. The molecule has 3 aliphatic rings. The fourth-order valence-corrected chi connectivity index (χ4v) is 4.55. The molecule has 1 unspecified atom stereocenters. The van der Waals surface area contributed by atoms with Gasteiger partial charge in [0.15, 0.2) is 11.4 Å². The van der Waals surface area contributed by atoms with E-state index in [1.807, 2.05) is 24.4 Å². The summed E-state index contributed by atoms with van der Waals surface area (Å²) in [6.07, 6.45) is 10.6. The number of hydrogen-bond acceptors (Lipinski definition) is 8. The maximum absolute atomic E-state index is 12.4. The Morgan fingerprint density at radius 3 is 2.88 bits per heavy atom. The number of hydrogen-bond donors (Lipinski definition) is 2. The van der Waals surface area contributed by atoms with E-state index in [0.29, 0.717) is 29.6 Å². The first-order chi connectivity index (χ1) is 16.2. The summed E-state index contributed by atoms with van der Waals surface area (Å²) in [5.74, 6) is 1.11. The minimum Gasteiger partial charge on any atom is -0.459 e. The first-order valence-electron chi connectivity index (χ1n) is 11.5. The van der Waals surface area contributed by atoms with Crippen molar-refractivity contribution >= 4 is 34.5 Å². The highest BCUT2D eigenvalue weighted by molar-refractivity contribution is 6.44. The monoisotopic (exact) mass is 443 g/mol. The first kappa shape index (κ1) is 19.9. The molecule has 1 amide bonds. The van der Waals surface area contributed by atoms with Crippen molar-refractivity contribution in [2.24, 2.45) is 4.99 Å². The van der Waals surface area contributed by atoms with Gasteiger partial charge in [-0.3, -0.25) is 14.8 Å². The third kappa shape index (κ3) is 3.83. The topological polar surface area (TPSA) is 109 Å². The molecule has 33 heavy (non-hydrogen) atoms. The van der Waals surface area contributed by atoms with Crippen LogP contribution in [0.1, 0.15) is 43.8 Å². The van der Waals surface area contributed by atoms with Crippen molar-refractivity contribution in [3.05, 3.63) is 54.2 Å². The molecule has 3 aromatic heterocycles. The molecule has 2 aliphatic heterocycles. The summed E-state index contributed by atoms with van der Waals surface area (Å²) in [5, 5.41) is 6.37. The Bertz CT molecular complexity index is 1250. The summed E-state index contributed by atoms with van der Waals surface area (Å²) in [6, 6.07) is 8.25. The molecule has 9 heteroatoms. The zero-order valence-corrected chi connectivity index (χ0v) is 18.2. The van der Waals surface area contributed by atoms with Crippen LogP contribution in [0.5, 0.6) is 0 Å². The first-order valence-corrected chi connectivity index (χ1v) is 11.5. The Hall–Kier alpha value is -3.75. The summed E-state index contributed by atoms with van der Waals surface area (Å²) >= 11 is 0. The Morgan fingerprint density at radius 2 is 2.06 bits per heavy atom. The molecule has 1 atom stereocenters. The number of rotatable bonds is 6. The van der Waals surface area contributed by atoms with E-state index in [4.69, 9.17) is 14.4 Å². The second-order valence-electron chi connectivity index (χ2n) is 8.71. The molecule has 1 saturated carbocycles. The van der Waals surface area contributed by atoms with Crippen molar-refractivity contribution in [2.75, 3.05) is 23.3 Å². The van der Waals surface area contributed by atoms with Crippen LogP contribution in [-0.4, -0.2) is 45.7 Å². The van der Waals surface area contributed by atoms with Crippen LogP contribution in [0.2, 0.25) is 0 Å². The van der Waals surface area contributed by atoms with Crippen LogP contribution in [-0.2, 0) is 4.79 Å². The third-order valence-electron chi connectivity index (χ3n) is 6.51. The van der Waals surface area contributed by atoms with Gasteiger partial charge in [-0.15, -0.1) is 0 Å². The highest BCUT2D eigenvalue weighted by atomic mass is 16.3. The van der Waals surface area contributed by atoms with Crippen LogP contribution < -0.4 is 15.5 Å². The number of anilines is 2. The number of aliphatic imine (C=N–C) groups is 1. The molecule has 168 valence electrons. The minimum atomic E-state index is -0.113. The third-order valence-corrected chi connectivity index (χ3v) is 6.51. The number of nitrogens with zero attached hydrogens (tertiary/aromatic N) is 5. The molecule has 0 spiro atoms. The number of pyridine rings is 1. The Kier molecular flexibility index (Phi) is 5.01. The summed E-state index contributed by atoms with van der Waals surface area (Å²) in [4.78, 5) is 33.2. The lowest BCUT2D eigenvalue weighted by atomic mass is 9.93. The Morgan fingerprint density at radius 1 is 1.12 bits per heavy atom. The number of carbonyl (C=O) groups is 1. The van der Waals surface area contributed by atoms with E-state index in [-0.39, 0.29) is 18.0 Å². The molecule has 0 bridgehead atoms. The SMILES string of the molecule is O=C(NC1CCC1)C1=NCC(Nc2nc(N3CCCC3c3ccccn3)nc3ccoc23)=C1. The van der Waals surface area contributed by atoms with Gasteiger partial charge >= 0.3 is 0 Å². The second-order valence-corrected chi connectivity index (χ2v) is 8.71.